The number of fused-ring (bicyclic) bond motifs is 3. The summed E-state index contributed by atoms with van der Waals surface area (Å²) in [6, 6.07) is 11.8. The number of aromatic amines is 1. The maximum Gasteiger partial charge on any atom is 0.272 e. The van der Waals surface area contributed by atoms with Crippen molar-refractivity contribution < 1.29 is 4.79 Å². The van der Waals surface area contributed by atoms with Gasteiger partial charge < -0.3 is 10.2 Å². The highest BCUT2D eigenvalue weighted by molar-refractivity contribution is 7.13. The first-order valence-electron chi connectivity index (χ1n) is 9.74. The molecular formula is C21H24N4OS. The molecule has 2 N–H and O–H groups in total. The van der Waals surface area contributed by atoms with Gasteiger partial charge in [-0.2, -0.15) is 5.10 Å². The predicted molar refractivity (Wildman–Crippen MR) is 109 cm³/mol. The van der Waals surface area contributed by atoms with Crippen LogP contribution in [-0.2, 0) is 0 Å². The first-order valence-corrected chi connectivity index (χ1v) is 10.6. The minimum atomic E-state index is -0.0576. The van der Waals surface area contributed by atoms with Gasteiger partial charge in [0.1, 0.15) is 0 Å². The van der Waals surface area contributed by atoms with Crippen LogP contribution < -0.4 is 5.32 Å². The fraction of sp³-hybridized carbons (Fsp3) is 0.429. The van der Waals surface area contributed by atoms with E-state index in [2.05, 4.69) is 51.0 Å². The minimum absolute atomic E-state index is 0.0576. The third-order valence-electron chi connectivity index (χ3n) is 6.26. The van der Waals surface area contributed by atoms with Crippen molar-refractivity contribution in [2.24, 2.45) is 0 Å². The van der Waals surface area contributed by atoms with Gasteiger partial charge in [0.05, 0.1) is 5.52 Å². The lowest BCUT2D eigenvalue weighted by Crippen LogP contribution is -2.55. The lowest BCUT2D eigenvalue weighted by atomic mass is 9.82. The summed E-state index contributed by atoms with van der Waals surface area (Å²) >= 11 is 1.71. The van der Waals surface area contributed by atoms with E-state index in [0.29, 0.717) is 17.8 Å². The number of carbonyl (C=O) groups is 1. The third-order valence-corrected chi connectivity index (χ3v) is 7.18. The molecule has 5 nitrogen and oxygen atoms in total. The average Bonchev–Trinajstić information content (AvgIpc) is 3.31. The molecule has 2 bridgehead atoms. The number of H-pyrrole nitrogens is 1. The fourth-order valence-electron chi connectivity index (χ4n) is 4.78. The summed E-state index contributed by atoms with van der Waals surface area (Å²) < 4.78 is 0. The van der Waals surface area contributed by atoms with Gasteiger partial charge in [-0.15, -0.1) is 11.3 Å². The van der Waals surface area contributed by atoms with Crippen LogP contribution in [0, 0.1) is 0 Å². The summed E-state index contributed by atoms with van der Waals surface area (Å²) in [7, 11) is 2.24. The Hall–Kier alpha value is -2.18. The number of rotatable bonds is 3. The summed E-state index contributed by atoms with van der Waals surface area (Å²) in [6.45, 7) is 0. The molecule has 2 aliphatic heterocycles. The van der Waals surface area contributed by atoms with Crippen LogP contribution in [0.1, 0.15) is 42.6 Å². The third kappa shape index (κ3) is 3.07. The van der Waals surface area contributed by atoms with Crippen molar-refractivity contribution in [1.82, 2.24) is 20.4 Å². The number of thiophene rings is 1. The number of hydrogen-bond donors (Lipinski definition) is 2. The van der Waals surface area contributed by atoms with E-state index in [4.69, 9.17) is 0 Å². The number of amides is 1. The Morgan fingerprint density at radius 1 is 1.26 bits per heavy atom. The molecule has 5 rings (SSSR count). The van der Waals surface area contributed by atoms with E-state index in [1.54, 1.807) is 11.3 Å². The average molecular weight is 381 g/mol. The maximum absolute atomic E-state index is 12.9. The van der Waals surface area contributed by atoms with Crippen LogP contribution >= 0.6 is 11.3 Å². The van der Waals surface area contributed by atoms with E-state index in [1.807, 2.05) is 12.1 Å². The number of benzene rings is 1. The summed E-state index contributed by atoms with van der Waals surface area (Å²) in [6.07, 6.45) is 5.90. The first kappa shape index (κ1) is 17.0. The Balaban J connectivity index is 1.35. The molecule has 0 aliphatic carbocycles. The SMILES string of the molecule is CN1[C@@H]2CCC[C@H]1C[C@@H](NC(=O)c1n[nH]c3cc(-c4cccs4)ccc13)C2. The molecule has 0 spiro atoms. The highest BCUT2D eigenvalue weighted by Crippen LogP contribution is 2.33. The largest absolute Gasteiger partial charge is 0.348 e. The van der Waals surface area contributed by atoms with Gasteiger partial charge in [0, 0.05) is 28.4 Å². The van der Waals surface area contributed by atoms with Crippen molar-refractivity contribution in [2.45, 2.75) is 50.2 Å². The lowest BCUT2D eigenvalue weighted by molar-refractivity contribution is 0.0462. The molecule has 0 saturated carbocycles. The van der Waals surface area contributed by atoms with Gasteiger partial charge in [-0.3, -0.25) is 9.89 Å². The van der Waals surface area contributed by atoms with Crippen molar-refractivity contribution in [3.05, 3.63) is 41.4 Å². The Labute approximate surface area is 162 Å². The molecule has 2 saturated heterocycles. The van der Waals surface area contributed by atoms with E-state index in [-0.39, 0.29) is 11.9 Å². The predicted octanol–water partition coefficient (Wildman–Crippen LogP) is 4.04. The molecule has 1 amide bonds. The zero-order valence-electron chi connectivity index (χ0n) is 15.4. The highest BCUT2D eigenvalue weighted by Gasteiger charge is 2.36. The molecule has 4 heterocycles. The quantitative estimate of drug-likeness (QED) is 0.721. The second-order valence-electron chi connectivity index (χ2n) is 7.86. The molecule has 3 aromatic rings. The van der Waals surface area contributed by atoms with Crippen LogP contribution in [0.4, 0.5) is 0 Å². The molecular weight excluding hydrogens is 356 g/mol. The molecule has 3 atom stereocenters. The van der Waals surface area contributed by atoms with E-state index in [1.165, 1.54) is 24.1 Å². The van der Waals surface area contributed by atoms with E-state index in [9.17, 15) is 4.79 Å². The normalized spacial score (nSPS) is 25.6. The highest BCUT2D eigenvalue weighted by atomic mass is 32.1. The molecule has 0 unspecified atom stereocenters. The Kier molecular flexibility index (Phi) is 4.25. The number of piperidine rings is 2. The van der Waals surface area contributed by atoms with Crippen LogP contribution in [0.3, 0.4) is 0 Å². The lowest BCUT2D eigenvalue weighted by Gasteiger charge is -2.47. The molecule has 27 heavy (non-hydrogen) atoms. The number of nitrogens with one attached hydrogen (secondary N) is 2. The minimum Gasteiger partial charge on any atom is -0.348 e. The van der Waals surface area contributed by atoms with Gasteiger partial charge in [0.25, 0.3) is 5.91 Å². The zero-order valence-corrected chi connectivity index (χ0v) is 16.3. The van der Waals surface area contributed by atoms with Gasteiger partial charge in [-0.1, -0.05) is 18.6 Å². The number of aromatic nitrogens is 2. The molecule has 140 valence electrons. The first-order chi connectivity index (χ1) is 13.2. The van der Waals surface area contributed by atoms with Gasteiger partial charge in [-0.25, -0.2) is 0 Å². The fourth-order valence-corrected chi connectivity index (χ4v) is 5.50. The molecule has 6 heteroatoms. The number of hydrogen-bond acceptors (Lipinski definition) is 4. The summed E-state index contributed by atoms with van der Waals surface area (Å²) in [5.74, 6) is -0.0576. The number of nitrogens with zero attached hydrogens (tertiary/aromatic N) is 2. The van der Waals surface area contributed by atoms with Crippen LogP contribution in [0.5, 0.6) is 0 Å². The van der Waals surface area contributed by atoms with Gasteiger partial charge in [-0.05, 0) is 61.9 Å². The standard InChI is InChI=1S/C21H24N4OS/c1-25-15-4-2-5-16(25)12-14(11-15)22-21(26)20-17-8-7-13(10-18(17)23-24-20)19-6-3-9-27-19/h3,6-10,14-16H,2,4-5,11-12H2,1H3,(H,22,26)(H,23,24)/t14-,15+,16-. The van der Waals surface area contributed by atoms with Gasteiger partial charge in [0.15, 0.2) is 5.69 Å². The van der Waals surface area contributed by atoms with Crippen molar-refractivity contribution in [3.8, 4) is 10.4 Å². The monoisotopic (exact) mass is 380 g/mol. The maximum atomic E-state index is 12.9. The molecule has 2 aliphatic rings. The van der Waals surface area contributed by atoms with Crippen molar-refractivity contribution >= 4 is 28.1 Å². The molecule has 0 radical (unpaired) electrons. The van der Waals surface area contributed by atoms with Crippen molar-refractivity contribution in [2.75, 3.05) is 7.05 Å². The van der Waals surface area contributed by atoms with Gasteiger partial charge >= 0.3 is 0 Å². The Morgan fingerprint density at radius 2 is 2.07 bits per heavy atom. The second kappa shape index (κ2) is 6.77. The number of carbonyl (C=O) groups excluding carboxylic acids is 1. The van der Waals surface area contributed by atoms with Gasteiger partial charge in [0.2, 0.25) is 0 Å². The molecule has 2 fully saturated rings. The van der Waals surface area contributed by atoms with Crippen LogP contribution in [-0.4, -0.2) is 46.2 Å². The van der Waals surface area contributed by atoms with Crippen LogP contribution in [0.15, 0.2) is 35.7 Å². The second-order valence-corrected chi connectivity index (χ2v) is 8.80. The van der Waals surface area contributed by atoms with Crippen LogP contribution in [0.25, 0.3) is 21.3 Å². The topological polar surface area (TPSA) is 61.0 Å². The van der Waals surface area contributed by atoms with Crippen LogP contribution in [0.2, 0.25) is 0 Å². The summed E-state index contributed by atoms with van der Waals surface area (Å²) in [5, 5.41) is 13.6. The van der Waals surface area contributed by atoms with E-state index in [0.717, 1.165) is 29.3 Å². The van der Waals surface area contributed by atoms with Crippen molar-refractivity contribution in [1.29, 1.82) is 0 Å². The Bertz CT molecular complexity index is 950. The summed E-state index contributed by atoms with van der Waals surface area (Å²) in [4.78, 5) is 16.6. The summed E-state index contributed by atoms with van der Waals surface area (Å²) in [5.41, 5.74) is 2.56. The van der Waals surface area contributed by atoms with Crippen molar-refractivity contribution in [3.63, 3.8) is 0 Å². The molecule has 2 aromatic heterocycles. The molecule has 1 aromatic carbocycles. The Morgan fingerprint density at radius 3 is 2.81 bits per heavy atom. The smallest absolute Gasteiger partial charge is 0.272 e. The zero-order chi connectivity index (χ0) is 18.4. The van der Waals surface area contributed by atoms with E-state index >= 15 is 0 Å². The van der Waals surface area contributed by atoms with E-state index < -0.39 is 0 Å².